The zero-order valence-corrected chi connectivity index (χ0v) is 14.2. The van der Waals surface area contributed by atoms with Crippen LogP contribution in [0.5, 0.6) is 0 Å². The number of hydrogen-bond donors (Lipinski definition) is 3. The number of hydrogen-bond acceptors (Lipinski definition) is 5. The van der Waals surface area contributed by atoms with Gasteiger partial charge in [0.25, 0.3) is 5.56 Å². The lowest BCUT2D eigenvalue weighted by atomic mass is 9.89. The second kappa shape index (κ2) is 7.06. The molecule has 0 spiro atoms. The minimum absolute atomic E-state index is 0.0320. The van der Waals surface area contributed by atoms with E-state index in [1.165, 1.54) is 6.07 Å². The highest BCUT2D eigenvalue weighted by atomic mass is 19.1. The van der Waals surface area contributed by atoms with E-state index in [-0.39, 0.29) is 22.5 Å². The standard InChI is InChI=1S/C20H11FN4O3/c21-16-7-10(5-6-13(16)20(27)28)11-3-1-2-4-12(11)17-14(8-22)18(24)25-19(26)15(17)9-23/h1-7H,(H,27,28)(H3,24,25,26). The van der Waals surface area contributed by atoms with E-state index in [0.717, 1.165) is 12.1 Å². The van der Waals surface area contributed by atoms with Crippen molar-refractivity contribution in [3.63, 3.8) is 0 Å². The third-order valence-electron chi connectivity index (χ3n) is 4.18. The molecule has 0 saturated heterocycles. The molecule has 0 bridgehead atoms. The number of nitrogens with one attached hydrogen (secondary N) is 1. The molecule has 0 unspecified atom stereocenters. The van der Waals surface area contributed by atoms with Gasteiger partial charge in [0.2, 0.25) is 0 Å². The summed E-state index contributed by atoms with van der Waals surface area (Å²) in [6.07, 6.45) is 0. The molecule has 0 radical (unpaired) electrons. The molecular weight excluding hydrogens is 363 g/mol. The number of aromatic nitrogens is 1. The lowest BCUT2D eigenvalue weighted by Gasteiger charge is -2.14. The van der Waals surface area contributed by atoms with Crippen LogP contribution in [0.15, 0.2) is 47.3 Å². The van der Waals surface area contributed by atoms with Crippen molar-refractivity contribution in [3.05, 3.63) is 75.3 Å². The van der Waals surface area contributed by atoms with Crippen molar-refractivity contribution in [1.82, 2.24) is 4.98 Å². The minimum atomic E-state index is -1.40. The van der Waals surface area contributed by atoms with Gasteiger partial charge in [-0.05, 0) is 28.8 Å². The monoisotopic (exact) mass is 374 g/mol. The van der Waals surface area contributed by atoms with Crippen molar-refractivity contribution in [3.8, 4) is 34.4 Å². The van der Waals surface area contributed by atoms with E-state index < -0.39 is 22.9 Å². The normalized spacial score (nSPS) is 10.1. The van der Waals surface area contributed by atoms with Gasteiger partial charge in [0, 0.05) is 5.56 Å². The van der Waals surface area contributed by atoms with E-state index in [0.29, 0.717) is 16.7 Å². The van der Waals surface area contributed by atoms with Crippen molar-refractivity contribution in [2.45, 2.75) is 0 Å². The largest absolute Gasteiger partial charge is 0.478 e. The van der Waals surface area contributed by atoms with Gasteiger partial charge in [-0.1, -0.05) is 30.3 Å². The minimum Gasteiger partial charge on any atom is -0.478 e. The number of nitriles is 2. The number of pyridine rings is 1. The number of carbonyl (C=O) groups is 1. The first-order valence-corrected chi connectivity index (χ1v) is 7.87. The Kier molecular flexibility index (Phi) is 4.63. The fourth-order valence-electron chi connectivity index (χ4n) is 2.92. The number of carboxylic acids is 1. The molecule has 1 heterocycles. The van der Waals surface area contributed by atoms with E-state index in [9.17, 15) is 24.5 Å². The SMILES string of the molecule is N#Cc1c(N)[nH]c(=O)c(C#N)c1-c1ccccc1-c1ccc(C(=O)O)c(F)c1. The van der Waals surface area contributed by atoms with E-state index in [4.69, 9.17) is 10.8 Å². The molecule has 0 aliphatic carbocycles. The zero-order valence-electron chi connectivity index (χ0n) is 14.2. The smallest absolute Gasteiger partial charge is 0.338 e. The summed E-state index contributed by atoms with van der Waals surface area (Å²) in [7, 11) is 0. The number of nitrogens with zero attached hydrogens (tertiary/aromatic N) is 2. The molecule has 3 rings (SSSR count). The van der Waals surface area contributed by atoms with Gasteiger partial charge < -0.3 is 15.8 Å². The van der Waals surface area contributed by atoms with Gasteiger partial charge in [0.15, 0.2) is 0 Å². The number of aromatic carboxylic acids is 1. The Bertz CT molecular complexity index is 1270. The lowest BCUT2D eigenvalue weighted by molar-refractivity contribution is 0.0692. The molecule has 3 aromatic rings. The Hall–Kier alpha value is -4.43. The van der Waals surface area contributed by atoms with Gasteiger partial charge in [-0.15, -0.1) is 0 Å². The average molecular weight is 374 g/mol. The van der Waals surface area contributed by atoms with Crippen molar-refractivity contribution >= 4 is 11.8 Å². The summed E-state index contributed by atoms with van der Waals surface area (Å²) in [5.74, 6) is -2.53. The van der Waals surface area contributed by atoms with E-state index in [2.05, 4.69) is 4.98 Å². The molecule has 2 aromatic carbocycles. The molecule has 136 valence electrons. The predicted molar refractivity (Wildman–Crippen MR) is 98.7 cm³/mol. The Labute approximate surface area is 157 Å². The maximum Gasteiger partial charge on any atom is 0.338 e. The van der Waals surface area contributed by atoms with Crippen molar-refractivity contribution in [2.24, 2.45) is 0 Å². The number of benzene rings is 2. The first-order valence-electron chi connectivity index (χ1n) is 7.87. The van der Waals surface area contributed by atoms with Crippen molar-refractivity contribution in [2.75, 3.05) is 5.73 Å². The quantitative estimate of drug-likeness (QED) is 0.643. The van der Waals surface area contributed by atoms with E-state index in [1.807, 2.05) is 6.07 Å². The second-order valence-corrected chi connectivity index (χ2v) is 5.76. The fourth-order valence-corrected chi connectivity index (χ4v) is 2.92. The van der Waals surface area contributed by atoms with E-state index >= 15 is 0 Å². The average Bonchev–Trinajstić information content (AvgIpc) is 2.67. The number of carboxylic acid groups (broad SMARTS) is 1. The van der Waals surface area contributed by atoms with Crippen LogP contribution in [0, 0.1) is 28.5 Å². The highest BCUT2D eigenvalue weighted by Crippen LogP contribution is 2.36. The maximum atomic E-state index is 14.2. The van der Waals surface area contributed by atoms with E-state index in [1.54, 1.807) is 30.3 Å². The van der Waals surface area contributed by atoms with Crippen molar-refractivity contribution in [1.29, 1.82) is 10.5 Å². The summed E-state index contributed by atoms with van der Waals surface area (Å²) in [5.41, 5.74) is 5.17. The van der Waals surface area contributed by atoms with Crippen LogP contribution < -0.4 is 11.3 Å². The molecule has 4 N–H and O–H groups in total. The molecule has 8 heteroatoms. The summed E-state index contributed by atoms with van der Waals surface area (Å²) in [5, 5.41) is 27.9. The number of nitrogen functional groups attached to an aromatic ring is 1. The van der Waals surface area contributed by atoms with Gasteiger partial charge in [-0.3, -0.25) is 4.79 Å². The molecule has 28 heavy (non-hydrogen) atoms. The number of rotatable bonds is 3. The van der Waals surface area contributed by atoms with Crippen LogP contribution in [-0.2, 0) is 0 Å². The molecular formula is C20H11FN4O3. The molecule has 0 aliphatic heterocycles. The summed E-state index contributed by atoms with van der Waals surface area (Å²) >= 11 is 0. The van der Waals surface area contributed by atoms with Gasteiger partial charge in [-0.2, -0.15) is 10.5 Å². The Morgan fingerprint density at radius 1 is 1.07 bits per heavy atom. The van der Waals surface area contributed by atoms with Crippen LogP contribution in [0.2, 0.25) is 0 Å². The summed E-state index contributed by atoms with van der Waals surface area (Å²) < 4.78 is 14.2. The third kappa shape index (κ3) is 2.96. The third-order valence-corrected chi connectivity index (χ3v) is 4.18. The van der Waals surface area contributed by atoms with Crippen LogP contribution in [0.3, 0.4) is 0 Å². The summed E-state index contributed by atoms with van der Waals surface area (Å²) in [4.78, 5) is 25.5. The van der Waals surface area contributed by atoms with Crippen molar-refractivity contribution < 1.29 is 14.3 Å². The Morgan fingerprint density at radius 2 is 1.71 bits per heavy atom. The highest BCUT2D eigenvalue weighted by molar-refractivity contribution is 5.92. The van der Waals surface area contributed by atoms with Crippen LogP contribution in [0.4, 0.5) is 10.2 Å². The van der Waals surface area contributed by atoms with Gasteiger partial charge in [0.1, 0.15) is 34.9 Å². The van der Waals surface area contributed by atoms with Gasteiger partial charge >= 0.3 is 5.97 Å². The summed E-state index contributed by atoms with van der Waals surface area (Å²) in [6.45, 7) is 0. The number of H-pyrrole nitrogens is 1. The van der Waals surface area contributed by atoms with Crippen LogP contribution in [0.25, 0.3) is 22.3 Å². The Balaban J connectivity index is 2.37. The number of nitrogens with two attached hydrogens (primary N) is 1. The zero-order chi connectivity index (χ0) is 20.4. The predicted octanol–water partition coefficient (Wildman–Crippen LogP) is 2.87. The Morgan fingerprint density at radius 3 is 2.29 bits per heavy atom. The number of aromatic amines is 1. The lowest BCUT2D eigenvalue weighted by Crippen LogP contribution is -2.16. The first kappa shape index (κ1) is 18.4. The van der Waals surface area contributed by atoms with Crippen LogP contribution in [0.1, 0.15) is 21.5 Å². The van der Waals surface area contributed by atoms with Crippen LogP contribution in [-0.4, -0.2) is 16.1 Å². The molecule has 0 fully saturated rings. The molecule has 0 amide bonds. The number of halogens is 1. The molecule has 0 saturated carbocycles. The second-order valence-electron chi connectivity index (χ2n) is 5.76. The number of anilines is 1. The summed E-state index contributed by atoms with van der Waals surface area (Å²) in [6, 6.07) is 13.7. The molecule has 0 atom stereocenters. The first-order chi connectivity index (χ1) is 13.4. The highest BCUT2D eigenvalue weighted by Gasteiger charge is 2.21. The maximum absolute atomic E-state index is 14.2. The molecule has 1 aromatic heterocycles. The molecule has 7 nitrogen and oxygen atoms in total. The fraction of sp³-hybridized carbons (Fsp3) is 0. The van der Waals surface area contributed by atoms with Gasteiger partial charge in [0.05, 0.1) is 5.56 Å². The van der Waals surface area contributed by atoms with Gasteiger partial charge in [-0.25, -0.2) is 9.18 Å². The molecule has 0 aliphatic rings. The topological polar surface area (TPSA) is 144 Å². The van der Waals surface area contributed by atoms with Crippen LogP contribution >= 0.6 is 0 Å².